The molecule has 0 saturated heterocycles. The molecule has 0 radical (unpaired) electrons. The van der Waals surface area contributed by atoms with E-state index in [9.17, 15) is 27.9 Å². The molecule has 0 unspecified atom stereocenters. The van der Waals surface area contributed by atoms with Crippen molar-refractivity contribution < 1.29 is 42.1 Å². The number of alkyl halides is 3. The minimum absolute atomic E-state index is 0.0445. The first-order valence-corrected chi connectivity index (χ1v) is 11.2. The van der Waals surface area contributed by atoms with Gasteiger partial charge in [0.2, 0.25) is 0 Å². The van der Waals surface area contributed by atoms with E-state index in [1.807, 2.05) is 0 Å². The fourth-order valence-corrected chi connectivity index (χ4v) is 3.35. The van der Waals surface area contributed by atoms with E-state index in [0.29, 0.717) is 11.3 Å². The second-order valence-electron chi connectivity index (χ2n) is 7.80. The van der Waals surface area contributed by atoms with E-state index in [0.717, 1.165) is 18.2 Å². The number of hydrogen-bond acceptors (Lipinski definition) is 7. The summed E-state index contributed by atoms with van der Waals surface area (Å²) in [4.78, 5) is 28.7. The molecule has 2 aromatic carbocycles. The number of ether oxygens (including phenoxy) is 3. The van der Waals surface area contributed by atoms with Gasteiger partial charge in [-0.1, -0.05) is 23.7 Å². The van der Waals surface area contributed by atoms with Gasteiger partial charge in [0.25, 0.3) is 5.91 Å². The van der Waals surface area contributed by atoms with E-state index in [1.165, 1.54) is 38.4 Å². The summed E-state index contributed by atoms with van der Waals surface area (Å²) in [5.74, 6) is -1.59. The van der Waals surface area contributed by atoms with Crippen LogP contribution in [0.2, 0.25) is 5.02 Å². The average molecular weight is 539 g/mol. The maximum absolute atomic E-state index is 12.8. The monoisotopic (exact) mass is 538 g/mol. The molecule has 0 aliphatic rings. The van der Waals surface area contributed by atoms with Gasteiger partial charge in [-0.2, -0.15) is 13.2 Å². The summed E-state index contributed by atoms with van der Waals surface area (Å²) in [5, 5.41) is 12.3. The predicted molar refractivity (Wildman–Crippen MR) is 127 cm³/mol. The molecule has 196 valence electrons. The second-order valence-corrected chi connectivity index (χ2v) is 8.21. The van der Waals surface area contributed by atoms with Crippen LogP contribution in [0.3, 0.4) is 0 Å². The maximum Gasteiger partial charge on any atom is 0.416 e. The molecule has 0 bridgehead atoms. The van der Waals surface area contributed by atoms with E-state index >= 15 is 0 Å². The smallest absolute Gasteiger partial charge is 0.416 e. The highest BCUT2D eigenvalue weighted by Gasteiger charge is 2.31. The molecular formula is C25H22ClF3N2O6. The normalized spacial score (nSPS) is 12.8. The second kappa shape index (κ2) is 11.4. The van der Waals surface area contributed by atoms with Crippen molar-refractivity contribution >= 4 is 23.5 Å². The number of aromatic nitrogens is 1. The van der Waals surface area contributed by atoms with Gasteiger partial charge in [0.05, 0.1) is 17.7 Å². The number of nitrogens with zero attached hydrogens (tertiary/aromatic N) is 1. The third-order valence-corrected chi connectivity index (χ3v) is 5.45. The number of methoxy groups -OCH3 is 1. The number of esters is 1. The molecule has 0 aliphatic carbocycles. The molecule has 8 nitrogen and oxygen atoms in total. The summed E-state index contributed by atoms with van der Waals surface area (Å²) in [6.45, 7) is 3.03. The predicted octanol–water partition coefficient (Wildman–Crippen LogP) is 5.68. The molecule has 3 aromatic rings. The lowest BCUT2D eigenvalue weighted by Gasteiger charge is -2.18. The lowest BCUT2D eigenvalue weighted by Crippen LogP contribution is -2.40. The van der Waals surface area contributed by atoms with Crippen LogP contribution in [0.5, 0.6) is 23.0 Å². The Labute approximate surface area is 214 Å². The number of rotatable bonds is 8. The van der Waals surface area contributed by atoms with Crippen LogP contribution < -0.4 is 14.8 Å². The highest BCUT2D eigenvalue weighted by molar-refractivity contribution is 6.32. The Bertz CT molecular complexity index is 1280. The molecule has 2 atom stereocenters. The standard InChI is InChI=1S/C25H22ClF3N2O6/c1-13(31-23(33)21-22(32)20(35-3)10-11-30-21)24(34)36-14(2)15-4-7-17(8-5-15)37-19-9-6-16(12-18(19)26)25(27,28)29/h4-14,32H,1-3H3,(H,31,33)/t13-,14-/m0/s1. The van der Waals surface area contributed by atoms with Gasteiger partial charge >= 0.3 is 12.1 Å². The first-order chi connectivity index (χ1) is 17.4. The molecule has 1 heterocycles. The highest BCUT2D eigenvalue weighted by Crippen LogP contribution is 2.36. The van der Waals surface area contributed by atoms with Crippen LogP contribution >= 0.6 is 11.6 Å². The van der Waals surface area contributed by atoms with Crippen molar-refractivity contribution in [2.75, 3.05) is 7.11 Å². The fourth-order valence-electron chi connectivity index (χ4n) is 3.13. The quantitative estimate of drug-likeness (QED) is 0.355. The maximum atomic E-state index is 12.8. The molecule has 1 aromatic heterocycles. The summed E-state index contributed by atoms with van der Waals surface area (Å²) in [5.41, 5.74) is -0.613. The first-order valence-electron chi connectivity index (χ1n) is 10.8. The van der Waals surface area contributed by atoms with Crippen LogP contribution in [-0.4, -0.2) is 35.1 Å². The van der Waals surface area contributed by atoms with Gasteiger partial charge in [0.1, 0.15) is 23.6 Å². The van der Waals surface area contributed by atoms with E-state index < -0.39 is 41.5 Å². The molecule has 3 rings (SSSR count). The minimum Gasteiger partial charge on any atom is -0.503 e. The number of halogens is 4. The Kier molecular flexibility index (Phi) is 8.49. The Balaban J connectivity index is 1.59. The van der Waals surface area contributed by atoms with Crippen molar-refractivity contribution in [2.24, 2.45) is 0 Å². The molecule has 12 heteroatoms. The van der Waals surface area contributed by atoms with Gasteiger partial charge in [-0.3, -0.25) is 4.79 Å². The molecule has 0 saturated carbocycles. The topological polar surface area (TPSA) is 107 Å². The lowest BCUT2D eigenvalue weighted by molar-refractivity contribution is -0.150. The number of nitrogens with one attached hydrogen (secondary N) is 1. The largest absolute Gasteiger partial charge is 0.503 e. The molecule has 2 N–H and O–H groups in total. The summed E-state index contributed by atoms with van der Waals surface area (Å²) >= 11 is 5.92. The lowest BCUT2D eigenvalue weighted by atomic mass is 10.1. The van der Waals surface area contributed by atoms with Gasteiger partial charge in [-0.05, 0) is 49.7 Å². The van der Waals surface area contributed by atoms with Gasteiger partial charge in [0.15, 0.2) is 17.2 Å². The summed E-state index contributed by atoms with van der Waals surface area (Å²) in [6.07, 6.45) is -3.96. The number of carbonyl (C=O) groups excluding carboxylic acids is 2. The SMILES string of the molecule is COc1ccnc(C(=O)N[C@@H](C)C(=O)O[C@@H](C)c2ccc(Oc3ccc(C(F)(F)F)cc3Cl)cc2)c1O. The van der Waals surface area contributed by atoms with Crippen molar-refractivity contribution in [3.05, 3.63) is 76.6 Å². The number of benzene rings is 2. The number of amides is 1. The molecular weight excluding hydrogens is 517 g/mol. The molecule has 0 fully saturated rings. The highest BCUT2D eigenvalue weighted by atomic mass is 35.5. The van der Waals surface area contributed by atoms with Crippen LogP contribution in [0, 0.1) is 0 Å². The Morgan fingerprint density at radius 2 is 1.73 bits per heavy atom. The van der Waals surface area contributed by atoms with Gasteiger partial charge < -0.3 is 24.6 Å². The van der Waals surface area contributed by atoms with Crippen molar-refractivity contribution in [1.29, 1.82) is 0 Å². The van der Waals surface area contributed by atoms with E-state index in [2.05, 4.69) is 10.3 Å². The van der Waals surface area contributed by atoms with Crippen LogP contribution in [0.1, 0.15) is 41.6 Å². The Hall–Kier alpha value is -3.99. The zero-order valence-electron chi connectivity index (χ0n) is 19.8. The van der Waals surface area contributed by atoms with Crippen LogP contribution in [0.15, 0.2) is 54.7 Å². The van der Waals surface area contributed by atoms with Crippen LogP contribution in [0.25, 0.3) is 0 Å². The molecule has 0 aliphatic heterocycles. The van der Waals surface area contributed by atoms with Crippen molar-refractivity contribution in [3.8, 4) is 23.0 Å². The van der Waals surface area contributed by atoms with Gasteiger partial charge in [-0.25, -0.2) is 9.78 Å². The van der Waals surface area contributed by atoms with Crippen LogP contribution in [-0.2, 0) is 15.7 Å². The number of carbonyl (C=O) groups is 2. The minimum atomic E-state index is -4.52. The zero-order chi connectivity index (χ0) is 27.3. The fraction of sp³-hybridized carbons (Fsp3) is 0.240. The first kappa shape index (κ1) is 27.6. The third-order valence-electron chi connectivity index (χ3n) is 5.15. The Morgan fingerprint density at radius 3 is 2.32 bits per heavy atom. The van der Waals surface area contributed by atoms with E-state index in [-0.39, 0.29) is 22.2 Å². The molecule has 37 heavy (non-hydrogen) atoms. The zero-order valence-corrected chi connectivity index (χ0v) is 20.6. The third kappa shape index (κ3) is 6.82. The van der Waals surface area contributed by atoms with Crippen molar-refractivity contribution in [2.45, 2.75) is 32.2 Å². The Morgan fingerprint density at radius 1 is 1.05 bits per heavy atom. The number of aromatic hydroxyl groups is 1. The number of hydrogen-bond donors (Lipinski definition) is 2. The summed E-state index contributed by atoms with van der Waals surface area (Å²) in [7, 11) is 1.32. The van der Waals surface area contributed by atoms with Crippen molar-refractivity contribution in [1.82, 2.24) is 10.3 Å². The molecule has 0 spiro atoms. The van der Waals surface area contributed by atoms with Gasteiger partial charge in [-0.15, -0.1) is 0 Å². The van der Waals surface area contributed by atoms with E-state index in [1.54, 1.807) is 19.1 Å². The number of pyridine rings is 1. The van der Waals surface area contributed by atoms with Gasteiger partial charge in [0, 0.05) is 12.3 Å². The summed E-state index contributed by atoms with van der Waals surface area (Å²) in [6, 6.07) is 9.36. The molecule has 1 amide bonds. The van der Waals surface area contributed by atoms with E-state index in [4.69, 9.17) is 25.8 Å². The van der Waals surface area contributed by atoms with Crippen molar-refractivity contribution in [3.63, 3.8) is 0 Å². The van der Waals surface area contributed by atoms with Crippen LogP contribution in [0.4, 0.5) is 13.2 Å². The summed E-state index contributed by atoms with van der Waals surface area (Å²) < 4.78 is 54.3. The average Bonchev–Trinajstić information content (AvgIpc) is 2.85.